The van der Waals surface area contributed by atoms with Crippen LogP contribution in [0.2, 0.25) is 15.3 Å². The summed E-state index contributed by atoms with van der Waals surface area (Å²) >= 11 is 17.7. The molecule has 17 heavy (non-hydrogen) atoms. The van der Waals surface area contributed by atoms with Gasteiger partial charge >= 0.3 is 0 Å². The Hall–Kier alpha value is -1.03. The molecule has 0 unspecified atom stereocenters. The van der Waals surface area contributed by atoms with Crippen molar-refractivity contribution in [3.63, 3.8) is 0 Å². The lowest BCUT2D eigenvalue weighted by atomic mass is 10.2. The van der Waals surface area contributed by atoms with E-state index in [2.05, 4.69) is 15.5 Å². The molecule has 1 aromatic heterocycles. The van der Waals surface area contributed by atoms with Gasteiger partial charge in [-0.1, -0.05) is 40.9 Å². The van der Waals surface area contributed by atoms with Gasteiger partial charge in [-0.25, -0.2) is 0 Å². The average Bonchev–Trinajstić information content (AvgIpc) is 2.30. The van der Waals surface area contributed by atoms with Crippen LogP contribution in [-0.4, -0.2) is 10.2 Å². The van der Waals surface area contributed by atoms with Gasteiger partial charge in [-0.05, 0) is 24.6 Å². The molecule has 0 fully saturated rings. The Labute approximate surface area is 114 Å². The van der Waals surface area contributed by atoms with Crippen LogP contribution in [-0.2, 0) is 0 Å². The van der Waals surface area contributed by atoms with Crippen LogP contribution < -0.4 is 5.32 Å². The summed E-state index contributed by atoms with van der Waals surface area (Å²) < 4.78 is 0. The Morgan fingerprint density at radius 2 is 1.82 bits per heavy atom. The molecule has 0 aliphatic rings. The van der Waals surface area contributed by atoms with Gasteiger partial charge in [0.2, 0.25) is 0 Å². The van der Waals surface area contributed by atoms with Crippen LogP contribution in [0.5, 0.6) is 0 Å². The van der Waals surface area contributed by atoms with Gasteiger partial charge < -0.3 is 5.32 Å². The van der Waals surface area contributed by atoms with Crippen LogP contribution in [0.25, 0.3) is 0 Å². The highest BCUT2D eigenvalue weighted by molar-refractivity contribution is 6.33. The molecule has 88 valence electrons. The highest BCUT2D eigenvalue weighted by Gasteiger charge is 2.07. The van der Waals surface area contributed by atoms with E-state index in [9.17, 15) is 0 Å². The molecule has 0 atom stereocenters. The largest absolute Gasteiger partial charge is 0.353 e. The van der Waals surface area contributed by atoms with Gasteiger partial charge in [-0.15, -0.1) is 10.2 Å². The van der Waals surface area contributed by atoms with Crippen LogP contribution >= 0.6 is 34.8 Å². The van der Waals surface area contributed by atoms with Crippen molar-refractivity contribution in [1.29, 1.82) is 0 Å². The van der Waals surface area contributed by atoms with Gasteiger partial charge in [0.15, 0.2) is 10.3 Å². The molecule has 0 amide bonds. The zero-order chi connectivity index (χ0) is 12.4. The number of benzene rings is 1. The maximum atomic E-state index is 6.02. The molecule has 0 saturated carbocycles. The molecular formula is C11H8Cl3N3. The Kier molecular flexibility index (Phi) is 3.72. The molecule has 0 spiro atoms. The molecule has 1 heterocycles. The van der Waals surface area contributed by atoms with Crippen molar-refractivity contribution in [2.24, 2.45) is 0 Å². The van der Waals surface area contributed by atoms with E-state index >= 15 is 0 Å². The molecule has 1 N–H and O–H groups in total. The molecule has 0 bridgehead atoms. The van der Waals surface area contributed by atoms with Gasteiger partial charge in [0, 0.05) is 16.8 Å². The van der Waals surface area contributed by atoms with Crippen molar-refractivity contribution in [1.82, 2.24) is 10.2 Å². The number of rotatable bonds is 2. The van der Waals surface area contributed by atoms with Gasteiger partial charge in [0.25, 0.3) is 0 Å². The molecule has 2 aromatic rings. The van der Waals surface area contributed by atoms with E-state index in [1.807, 2.05) is 25.1 Å². The van der Waals surface area contributed by atoms with Crippen LogP contribution in [0.1, 0.15) is 5.56 Å². The number of nitrogens with one attached hydrogen (secondary N) is 1. The maximum Gasteiger partial charge on any atom is 0.175 e. The molecule has 1 aromatic carbocycles. The van der Waals surface area contributed by atoms with Crippen molar-refractivity contribution >= 4 is 46.2 Å². The molecule has 0 aliphatic heterocycles. The summed E-state index contributed by atoms with van der Waals surface area (Å²) in [5.41, 5.74) is 2.37. The Morgan fingerprint density at radius 3 is 2.59 bits per heavy atom. The Morgan fingerprint density at radius 1 is 1.06 bits per heavy atom. The van der Waals surface area contributed by atoms with Crippen molar-refractivity contribution in [2.45, 2.75) is 6.92 Å². The standard InChI is InChI=1S/C11H8Cl3N3/c1-6-7(12)3-2-4-8(6)15-9-5-10(13)16-17-11(9)14/h2-5H,1H3,(H,15,16). The van der Waals surface area contributed by atoms with Crippen molar-refractivity contribution in [3.05, 3.63) is 45.2 Å². The molecule has 0 radical (unpaired) electrons. The molecule has 0 aliphatic carbocycles. The van der Waals surface area contributed by atoms with Crippen molar-refractivity contribution < 1.29 is 0 Å². The molecule has 2 rings (SSSR count). The fourth-order valence-electron chi connectivity index (χ4n) is 1.33. The minimum absolute atomic E-state index is 0.258. The van der Waals surface area contributed by atoms with Gasteiger partial charge in [0.1, 0.15) is 0 Å². The van der Waals surface area contributed by atoms with E-state index in [-0.39, 0.29) is 10.3 Å². The second-order valence-electron chi connectivity index (χ2n) is 3.41. The summed E-state index contributed by atoms with van der Waals surface area (Å²) in [6.07, 6.45) is 0. The third-order valence-electron chi connectivity index (χ3n) is 2.26. The first-order valence-corrected chi connectivity index (χ1v) is 5.92. The van der Waals surface area contributed by atoms with Gasteiger partial charge in [-0.3, -0.25) is 0 Å². The number of nitrogens with zero attached hydrogens (tertiary/aromatic N) is 2. The summed E-state index contributed by atoms with van der Waals surface area (Å²) in [5, 5.41) is 11.7. The summed E-state index contributed by atoms with van der Waals surface area (Å²) in [6.45, 7) is 1.91. The monoisotopic (exact) mass is 287 g/mol. The first kappa shape index (κ1) is 12.4. The van der Waals surface area contributed by atoms with Crippen LogP contribution in [0.4, 0.5) is 11.4 Å². The minimum Gasteiger partial charge on any atom is -0.353 e. The van der Waals surface area contributed by atoms with Crippen LogP contribution in [0.15, 0.2) is 24.3 Å². The summed E-state index contributed by atoms with van der Waals surface area (Å²) in [7, 11) is 0. The van der Waals surface area contributed by atoms with E-state index in [4.69, 9.17) is 34.8 Å². The average molecular weight is 289 g/mol. The summed E-state index contributed by atoms with van der Waals surface area (Å²) in [6, 6.07) is 7.17. The fourth-order valence-corrected chi connectivity index (χ4v) is 1.79. The second-order valence-corrected chi connectivity index (χ2v) is 4.56. The lowest BCUT2D eigenvalue weighted by Crippen LogP contribution is -1.97. The van der Waals surface area contributed by atoms with Gasteiger partial charge in [-0.2, -0.15) is 0 Å². The van der Waals surface area contributed by atoms with Crippen LogP contribution in [0.3, 0.4) is 0 Å². The predicted molar refractivity (Wildman–Crippen MR) is 71.5 cm³/mol. The number of hydrogen-bond donors (Lipinski definition) is 1. The first-order valence-electron chi connectivity index (χ1n) is 4.79. The SMILES string of the molecule is Cc1c(Cl)cccc1Nc1cc(Cl)nnc1Cl. The van der Waals surface area contributed by atoms with E-state index < -0.39 is 0 Å². The van der Waals surface area contributed by atoms with E-state index in [1.54, 1.807) is 6.07 Å². The third-order valence-corrected chi connectivity index (χ3v) is 3.13. The zero-order valence-corrected chi connectivity index (χ0v) is 11.1. The van der Waals surface area contributed by atoms with E-state index in [1.165, 1.54) is 0 Å². The quantitative estimate of drug-likeness (QED) is 0.885. The smallest absolute Gasteiger partial charge is 0.175 e. The predicted octanol–water partition coefficient (Wildman–Crippen LogP) is 4.49. The topological polar surface area (TPSA) is 37.8 Å². The third kappa shape index (κ3) is 2.80. The van der Waals surface area contributed by atoms with Gasteiger partial charge in [0.05, 0.1) is 5.69 Å². The Bertz CT molecular complexity index is 558. The maximum absolute atomic E-state index is 6.02. The highest BCUT2D eigenvalue weighted by atomic mass is 35.5. The molecule has 0 saturated heterocycles. The molecule has 6 heteroatoms. The van der Waals surface area contributed by atoms with Crippen molar-refractivity contribution in [2.75, 3.05) is 5.32 Å². The number of hydrogen-bond acceptors (Lipinski definition) is 3. The summed E-state index contributed by atoms with van der Waals surface area (Å²) in [4.78, 5) is 0. The summed E-state index contributed by atoms with van der Waals surface area (Å²) in [5.74, 6) is 0. The number of anilines is 2. The normalized spacial score (nSPS) is 10.4. The number of aromatic nitrogens is 2. The first-order chi connectivity index (χ1) is 8.08. The lowest BCUT2D eigenvalue weighted by molar-refractivity contribution is 1.03. The molecular weight excluding hydrogens is 281 g/mol. The van der Waals surface area contributed by atoms with Crippen LogP contribution in [0, 0.1) is 6.92 Å². The van der Waals surface area contributed by atoms with Crippen molar-refractivity contribution in [3.8, 4) is 0 Å². The zero-order valence-electron chi connectivity index (χ0n) is 8.84. The molecule has 3 nitrogen and oxygen atoms in total. The second kappa shape index (κ2) is 5.08. The lowest BCUT2D eigenvalue weighted by Gasteiger charge is -2.11. The van der Waals surface area contributed by atoms with E-state index in [0.29, 0.717) is 10.7 Å². The minimum atomic E-state index is 0.258. The van der Waals surface area contributed by atoms with E-state index in [0.717, 1.165) is 11.3 Å². The number of halogens is 3. The fraction of sp³-hybridized carbons (Fsp3) is 0.0909. The Balaban J connectivity index is 2.38. The highest BCUT2D eigenvalue weighted by Crippen LogP contribution is 2.29.